The largest absolute Gasteiger partial charge is 0.457 e. The van der Waals surface area contributed by atoms with Gasteiger partial charge in [0.2, 0.25) is 5.91 Å². The average molecular weight is 613 g/mol. The standard InChI is InChI=1S/C27H27F3N6O3.2ClH/c1-16-11-18(5-6-23(16)39-20-4-2-3-17(12-20)27(28,29)30)35-25-24-21(33-15-34-25)7-9-36(24)10-8-31-26(38)22-13-19(37)14-32-22;;/h2-7,9,11-12,15,19,22,32,37H,8,10,13-14H2,1H3,(H,31,38)(H,33,34,35);2*1H/t19-,22+;;/m1../s1. The second-order valence-electron chi connectivity index (χ2n) is 9.34. The smallest absolute Gasteiger partial charge is 0.416 e. The molecule has 5 rings (SSSR count). The number of nitrogens with one attached hydrogen (secondary N) is 3. The Balaban J connectivity index is 0.00000231. The Kier molecular flexibility index (Phi) is 10.4. The summed E-state index contributed by atoms with van der Waals surface area (Å²) in [4.78, 5) is 21.1. The number of aromatic nitrogens is 3. The van der Waals surface area contributed by atoms with Crippen LogP contribution in [0.25, 0.3) is 11.0 Å². The number of benzene rings is 2. The lowest BCUT2D eigenvalue weighted by atomic mass is 10.2. The number of ether oxygens (including phenoxy) is 1. The Labute approximate surface area is 246 Å². The van der Waals surface area contributed by atoms with Crippen molar-refractivity contribution in [3.8, 4) is 11.5 Å². The highest BCUT2D eigenvalue weighted by molar-refractivity contribution is 5.88. The van der Waals surface area contributed by atoms with E-state index in [1.165, 1.54) is 18.5 Å². The van der Waals surface area contributed by atoms with Crippen LogP contribution in [0.5, 0.6) is 11.5 Å². The van der Waals surface area contributed by atoms with Gasteiger partial charge in [-0.2, -0.15) is 13.2 Å². The molecule has 0 spiro atoms. The molecule has 0 radical (unpaired) electrons. The van der Waals surface area contributed by atoms with Crippen LogP contribution < -0.4 is 20.7 Å². The molecule has 1 amide bonds. The molecule has 9 nitrogen and oxygen atoms in total. The fourth-order valence-corrected chi connectivity index (χ4v) is 4.49. The van der Waals surface area contributed by atoms with Crippen LogP contribution in [0.1, 0.15) is 17.5 Å². The molecule has 4 N–H and O–H groups in total. The van der Waals surface area contributed by atoms with Gasteiger partial charge in [0.25, 0.3) is 0 Å². The highest BCUT2D eigenvalue weighted by Crippen LogP contribution is 2.34. The lowest BCUT2D eigenvalue weighted by Crippen LogP contribution is -2.41. The molecule has 0 aliphatic carbocycles. The number of amides is 1. The number of alkyl halides is 3. The number of hydrogen-bond acceptors (Lipinski definition) is 7. The van der Waals surface area contributed by atoms with Crippen molar-refractivity contribution in [1.29, 1.82) is 0 Å². The molecular weight excluding hydrogens is 584 g/mol. The molecule has 1 aliphatic rings. The van der Waals surface area contributed by atoms with Gasteiger partial charge in [-0.25, -0.2) is 9.97 Å². The summed E-state index contributed by atoms with van der Waals surface area (Å²) in [5.41, 5.74) is 2.12. The minimum absolute atomic E-state index is 0. The van der Waals surface area contributed by atoms with Crippen LogP contribution in [0.15, 0.2) is 61.1 Å². The van der Waals surface area contributed by atoms with Gasteiger partial charge in [-0.3, -0.25) is 4.79 Å². The van der Waals surface area contributed by atoms with E-state index >= 15 is 0 Å². The summed E-state index contributed by atoms with van der Waals surface area (Å²) in [6.45, 7) is 3.07. The van der Waals surface area contributed by atoms with Crippen LogP contribution >= 0.6 is 24.8 Å². The van der Waals surface area contributed by atoms with E-state index in [1.807, 2.05) is 22.9 Å². The van der Waals surface area contributed by atoms with Gasteiger partial charge in [0.15, 0.2) is 5.82 Å². The van der Waals surface area contributed by atoms with Gasteiger partial charge >= 0.3 is 6.18 Å². The molecule has 0 saturated carbocycles. The molecule has 1 saturated heterocycles. The first-order chi connectivity index (χ1) is 18.7. The second-order valence-corrected chi connectivity index (χ2v) is 9.34. The topological polar surface area (TPSA) is 113 Å². The predicted molar refractivity (Wildman–Crippen MR) is 153 cm³/mol. The Hall–Kier alpha value is -3.58. The zero-order valence-electron chi connectivity index (χ0n) is 21.8. The summed E-state index contributed by atoms with van der Waals surface area (Å²) in [6.07, 6.45) is -1.25. The van der Waals surface area contributed by atoms with E-state index in [0.29, 0.717) is 48.9 Å². The first-order valence-electron chi connectivity index (χ1n) is 12.4. The Bertz CT molecular complexity index is 1500. The summed E-state index contributed by atoms with van der Waals surface area (Å²) in [6, 6.07) is 11.4. The number of anilines is 2. The van der Waals surface area contributed by atoms with E-state index in [1.54, 1.807) is 19.1 Å². The second kappa shape index (κ2) is 13.4. The lowest BCUT2D eigenvalue weighted by Gasteiger charge is -2.15. The molecule has 1 fully saturated rings. The molecule has 2 aromatic carbocycles. The normalized spacial score (nSPS) is 16.5. The van der Waals surface area contributed by atoms with Crippen molar-refractivity contribution < 1.29 is 27.8 Å². The van der Waals surface area contributed by atoms with Gasteiger partial charge in [-0.15, -0.1) is 24.8 Å². The highest BCUT2D eigenvalue weighted by Gasteiger charge is 2.31. The molecule has 0 unspecified atom stereocenters. The number of fused-ring (bicyclic) bond motifs is 1. The third-order valence-electron chi connectivity index (χ3n) is 6.45. The van der Waals surface area contributed by atoms with Crippen LogP contribution in [0.4, 0.5) is 24.7 Å². The molecule has 14 heteroatoms. The van der Waals surface area contributed by atoms with Crippen molar-refractivity contribution in [2.75, 3.05) is 18.4 Å². The lowest BCUT2D eigenvalue weighted by molar-refractivity contribution is -0.137. The van der Waals surface area contributed by atoms with Crippen molar-refractivity contribution >= 4 is 53.3 Å². The fraction of sp³-hybridized carbons (Fsp3) is 0.296. The molecule has 4 aromatic rings. The first-order valence-corrected chi connectivity index (χ1v) is 12.4. The monoisotopic (exact) mass is 612 g/mol. The highest BCUT2D eigenvalue weighted by atomic mass is 35.5. The van der Waals surface area contributed by atoms with Gasteiger partial charge in [-0.05, 0) is 61.4 Å². The maximum atomic E-state index is 13.0. The van der Waals surface area contributed by atoms with E-state index in [2.05, 4.69) is 25.9 Å². The van der Waals surface area contributed by atoms with E-state index in [0.717, 1.165) is 23.2 Å². The number of aryl methyl sites for hydroxylation is 1. The maximum absolute atomic E-state index is 13.0. The zero-order chi connectivity index (χ0) is 27.6. The van der Waals surface area contributed by atoms with Gasteiger partial charge < -0.3 is 30.4 Å². The molecule has 3 heterocycles. The third kappa shape index (κ3) is 7.59. The number of carbonyl (C=O) groups excluding carboxylic acids is 1. The van der Waals surface area contributed by atoms with Crippen LogP contribution in [-0.4, -0.2) is 50.8 Å². The molecule has 0 bridgehead atoms. The van der Waals surface area contributed by atoms with E-state index in [-0.39, 0.29) is 36.5 Å². The van der Waals surface area contributed by atoms with E-state index in [4.69, 9.17) is 4.74 Å². The van der Waals surface area contributed by atoms with Crippen molar-refractivity contribution in [2.24, 2.45) is 0 Å². The maximum Gasteiger partial charge on any atom is 0.416 e. The summed E-state index contributed by atoms with van der Waals surface area (Å²) in [5, 5.41) is 18.8. The average Bonchev–Trinajstić information content (AvgIpc) is 3.52. The Morgan fingerprint density at radius 3 is 2.68 bits per heavy atom. The van der Waals surface area contributed by atoms with Crippen molar-refractivity contribution in [2.45, 2.75) is 38.2 Å². The fourth-order valence-electron chi connectivity index (χ4n) is 4.49. The minimum Gasteiger partial charge on any atom is -0.457 e. The minimum atomic E-state index is -4.45. The molecule has 2 aromatic heterocycles. The van der Waals surface area contributed by atoms with Gasteiger partial charge in [0.1, 0.15) is 23.3 Å². The SMILES string of the molecule is Cc1cc(Nc2ncnc3ccn(CCNC(=O)[C@@H]4C[C@@H](O)CN4)c23)ccc1Oc1cccc(C(F)(F)F)c1.Cl.Cl. The van der Waals surface area contributed by atoms with Crippen molar-refractivity contribution in [3.05, 3.63) is 72.2 Å². The van der Waals surface area contributed by atoms with Gasteiger partial charge in [0.05, 0.1) is 23.2 Å². The van der Waals surface area contributed by atoms with Crippen molar-refractivity contribution in [1.82, 2.24) is 25.2 Å². The summed E-state index contributed by atoms with van der Waals surface area (Å²) in [7, 11) is 0. The first kappa shape index (κ1) is 31.9. The Morgan fingerprint density at radius 2 is 1.98 bits per heavy atom. The van der Waals surface area contributed by atoms with Crippen LogP contribution in [0.2, 0.25) is 0 Å². The van der Waals surface area contributed by atoms with E-state index in [9.17, 15) is 23.1 Å². The summed E-state index contributed by atoms with van der Waals surface area (Å²) >= 11 is 0. The number of aliphatic hydroxyl groups is 1. The number of carbonyl (C=O) groups is 1. The number of hydrogen-bond donors (Lipinski definition) is 4. The molecule has 41 heavy (non-hydrogen) atoms. The van der Waals surface area contributed by atoms with Gasteiger partial charge in [-0.1, -0.05) is 6.07 Å². The molecular formula is C27H29Cl2F3N6O3. The number of halogens is 5. The van der Waals surface area contributed by atoms with Gasteiger partial charge in [0, 0.05) is 31.5 Å². The number of rotatable bonds is 8. The number of aliphatic hydroxyl groups excluding tert-OH is 1. The number of nitrogens with zero attached hydrogens (tertiary/aromatic N) is 3. The predicted octanol–water partition coefficient (Wildman–Crippen LogP) is 4.98. The van der Waals surface area contributed by atoms with E-state index < -0.39 is 23.9 Å². The Morgan fingerprint density at radius 1 is 1.17 bits per heavy atom. The summed E-state index contributed by atoms with van der Waals surface area (Å²) < 4.78 is 46.8. The molecule has 1 aliphatic heterocycles. The van der Waals surface area contributed by atoms with Crippen LogP contribution in [-0.2, 0) is 17.5 Å². The third-order valence-corrected chi connectivity index (χ3v) is 6.45. The zero-order valence-corrected chi connectivity index (χ0v) is 23.4. The summed E-state index contributed by atoms with van der Waals surface area (Å²) in [5.74, 6) is 0.926. The molecule has 2 atom stereocenters. The van der Waals surface area contributed by atoms with Crippen molar-refractivity contribution in [3.63, 3.8) is 0 Å². The van der Waals surface area contributed by atoms with Crippen LogP contribution in [0.3, 0.4) is 0 Å². The quantitative estimate of drug-likeness (QED) is 0.222. The molecule has 220 valence electrons. The van der Waals surface area contributed by atoms with Crippen LogP contribution in [0, 0.1) is 6.92 Å². The number of β-amino-alcohol motifs (C(OH)–C–C–N with tert-alkyl or cyclic N) is 1.